The normalized spacial score (nSPS) is 21.0. The van der Waals surface area contributed by atoms with Crippen LogP contribution in [0.15, 0.2) is 29.4 Å². The molecule has 1 fully saturated rings. The van der Waals surface area contributed by atoms with Crippen LogP contribution in [-0.2, 0) is 19.4 Å². The molecule has 1 saturated heterocycles. The third-order valence-electron chi connectivity index (χ3n) is 4.82. The average Bonchev–Trinajstić information content (AvgIpc) is 3.05. The topological polar surface area (TPSA) is 105 Å². The Morgan fingerprint density at radius 2 is 2.00 bits per heavy atom. The fourth-order valence-corrected chi connectivity index (χ4v) is 4.93. The summed E-state index contributed by atoms with van der Waals surface area (Å²) in [5.41, 5.74) is 0.247. The summed E-state index contributed by atoms with van der Waals surface area (Å²) >= 11 is 0. The number of amides is 2. The van der Waals surface area contributed by atoms with Crippen molar-refractivity contribution in [3.05, 3.63) is 30.1 Å². The Kier molecular flexibility index (Phi) is 6.83. The molecule has 1 atom stereocenters. The number of sulfone groups is 1. The van der Waals surface area contributed by atoms with Crippen molar-refractivity contribution >= 4 is 27.4 Å². The molecule has 0 radical (unpaired) electrons. The first-order valence-corrected chi connectivity index (χ1v) is 11.4. The zero-order valence-corrected chi connectivity index (χ0v) is 16.8. The van der Waals surface area contributed by atoms with Crippen LogP contribution in [0.4, 0.5) is 4.39 Å². The lowest BCUT2D eigenvalue weighted by Gasteiger charge is -2.27. The number of carbonyl (C=O) groups excluding carboxylic acids is 2. The van der Waals surface area contributed by atoms with Gasteiger partial charge in [0.25, 0.3) is 5.91 Å². The molecule has 0 unspecified atom stereocenters. The van der Waals surface area contributed by atoms with Crippen molar-refractivity contribution in [2.45, 2.75) is 38.1 Å². The zero-order chi connectivity index (χ0) is 20.9. The minimum absolute atomic E-state index is 0.0402. The van der Waals surface area contributed by atoms with Crippen LogP contribution in [-0.4, -0.2) is 61.7 Å². The summed E-state index contributed by atoms with van der Waals surface area (Å²) in [4.78, 5) is 24.4. The van der Waals surface area contributed by atoms with Crippen LogP contribution < -0.4 is 10.1 Å². The number of hydrogen-bond acceptors (Lipinski definition) is 6. The monoisotopic (exact) mass is 425 g/mol. The predicted octanol–water partition coefficient (Wildman–Crippen LogP) is 1.27. The van der Waals surface area contributed by atoms with Gasteiger partial charge in [-0.25, -0.2) is 17.8 Å². The smallest absolute Gasteiger partial charge is 0.267 e. The molecule has 0 spiro atoms. The molecule has 1 aromatic rings. The lowest BCUT2D eigenvalue weighted by molar-refractivity contribution is -0.133. The molecule has 2 heterocycles. The van der Waals surface area contributed by atoms with E-state index in [1.165, 1.54) is 17.1 Å². The number of rotatable bonds is 8. The summed E-state index contributed by atoms with van der Waals surface area (Å²) in [6.45, 7) is 0.872. The lowest BCUT2D eigenvalue weighted by Crippen LogP contribution is -2.44. The predicted molar refractivity (Wildman–Crippen MR) is 105 cm³/mol. The Labute approximate surface area is 169 Å². The second kappa shape index (κ2) is 9.34. The van der Waals surface area contributed by atoms with Gasteiger partial charge in [0.2, 0.25) is 5.91 Å². The standard InChI is InChI=1S/C19H24FN3O5S/c20-14-3-5-16(6-4-14)28-11-2-1-10-21-19(25)17-7-8-18(24)23(22-17)15-9-12-29(26,27)13-15/h3-6,15H,1-2,7-13H2,(H,21,25)/t15-/m1/s1. The second-order valence-electron chi connectivity index (χ2n) is 7.11. The second-order valence-corrected chi connectivity index (χ2v) is 9.34. The molecule has 8 nitrogen and oxygen atoms in total. The van der Waals surface area contributed by atoms with E-state index >= 15 is 0 Å². The molecule has 0 saturated carbocycles. The maximum absolute atomic E-state index is 12.8. The van der Waals surface area contributed by atoms with E-state index in [0.717, 1.165) is 0 Å². The first kappa shape index (κ1) is 21.2. The van der Waals surface area contributed by atoms with Crippen LogP contribution in [0.5, 0.6) is 5.75 Å². The van der Waals surface area contributed by atoms with Crippen LogP contribution in [0.2, 0.25) is 0 Å². The van der Waals surface area contributed by atoms with Crippen LogP contribution in [0.1, 0.15) is 32.1 Å². The van der Waals surface area contributed by atoms with E-state index in [-0.39, 0.29) is 47.7 Å². The Bertz CT molecular complexity index is 886. The number of hydrazone groups is 1. The maximum Gasteiger partial charge on any atom is 0.267 e. The first-order valence-electron chi connectivity index (χ1n) is 9.60. The van der Waals surface area contributed by atoms with Crippen molar-refractivity contribution in [1.29, 1.82) is 0 Å². The molecule has 2 aliphatic heterocycles. The van der Waals surface area contributed by atoms with Gasteiger partial charge < -0.3 is 10.1 Å². The van der Waals surface area contributed by atoms with Crippen molar-refractivity contribution in [2.75, 3.05) is 24.7 Å². The molecule has 2 amide bonds. The van der Waals surface area contributed by atoms with E-state index in [4.69, 9.17) is 4.74 Å². The Morgan fingerprint density at radius 1 is 1.24 bits per heavy atom. The van der Waals surface area contributed by atoms with Gasteiger partial charge in [-0.15, -0.1) is 0 Å². The highest BCUT2D eigenvalue weighted by Crippen LogP contribution is 2.22. The fraction of sp³-hybridized carbons (Fsp3) is 0.526. The highest BCUT2D eigenvalue weighted by atomic mass is 32.2. The molecule has 10 heteroatoms. The SMILES string of the molecule is O=C(NCCCCOc1ccc(F)cc1)C1=NN([C@@H]2CCS(=O)(=O)C2)C(=O)CC1. The van der Waals surface area contributed by atoms with E-state index in [0.29, 0.717) is 38.2 Å². The summed E-state index contributed by atoms with van der Waals surface area (Å²) in [5.74, 6) is -0.389. The fourth-order valence-electron chi connectivity index (χ4n) is 3.24. The van der Waals surface area contributed by atoms with Crippen molar-refractivity contribution in [3.63, 3.8) is 0 Å². The Hall–Kier alpha value is -2.49. The number of hydrogen-bond donors (Lipinski definition) is 1. The first-order chi connectivity index (χ1) is 13.8. The molecule has 158 valence electrons. The minimum atomic E-state index is -3.15. The summed E-state index contributed by atoms with van der Waals surface area (Å²) < 4.78 is 41.6. The summed E-state index contributed by atoms with van der Waals surface area (Å²) in [6, 6.07) is 5.28. The molecule has 3 rings (SSSR count). The van der Waals surface area contributed by atoms with Gasteiger partial charge in [-0.05, 0) is 43.5 Å². The molecule has 0 aliphatic carbocycles. The van der Waals surface area contributed by atoms with Gasteiger partial charge in [0.15, 0.2) is 9.84 Å². The summed E-state index contributed by atoms with van der Waals surface area (Å²) in [5, 5.41) is 8.09. The highest BCUT2D eigenvalue weighted by molar-refractivity contribution is 7.91. The zero-order valence-electron chi connectivity index (χ0n) is 16.0. The highest BCUT2D eigenvalue weighted by Gasteiger charge is 2.37. The van der Waals surface area contributed by atoms with Crippen LogP contribution in [0.3, 0.4) is 0 Å². The molecule has 1 aromatic carbocycles. The van der Waals surface area contributed by atoms with E-state index in [2.05, 4.69) is 10.4 Å². The van der Waals surface area contributed by atoms with E-state index in [1.54, 1.807) is 12.1 Å². The van der Waals surface area contributed by atoms with Gasteiger partial charge >= 0.3 is 0 Å². The molecule has 29 heavy (non-hydrogen) atoms. The van der Waals surface area contributed by atoms with Gasteiger partial charge in [0.1, 0.15) is 17.3 Å². The maximum atomic E-state index is 12.8. The third kappa shape index (κ3) is 5.99. The minimum Gasteiger partial charge on any atom is -0.494 e. The molecule has 1 N–H and O–H groups in total. The van der Waals surface area contributed by atoms with Crippen LogP contribution in [0, 0.1) is 5.82 Å². The largest absolute Gasteiger partial charge is 0.494 e. The molecule has 0 aromatic heterocycles. The summed E-state index contributed by atoms with van der Waals surface area (Å²) in [6.07, 6.45) is 2.13. The van der Waals surface area contributed by atoms with Crippen molar-refractivity contribution in [2.24, 2.45) is 5.10 Å². The van der Waals surface area contributed by atoms with Gasteiger partial charge in [0, 0.05) is 19.4 Å². The van der Waals surface area contributed by atoms with Crippen LogP contribution >= 0.6 is 0 Å². The van der Waals surface area contributed by atoms with Gasteiger partial charge in [-0.3, -0.25) is 9.59 Å². The van der Waals surface area contributed by atoms with Crippen molar-refractivity contribution < 1.29 is 27.1 Å². The number of ether oxygens (including phenoxy) is 1. The third-order valence-corrected chi connectivity index (χ3v) is 6.57. The number of nitrogens with zero attached hydrogens (tertiary/aromatic N) is 2. The molecular formula is C19H24FN3O5S. The van der Waals surface area contributed by atoms with Crippen molar-refractivity contribution in [3.8, 4) is 5.75 Å². The van der Waals surface area contributed by atoms with E-state index < -0.39 is 15.9 Å². The number of benzene rings is 1. The molecular weight excluding hydrogens is 401 g/mol. The molecule has 2 aliphatic rings. The lowest BCUT2D eigenvalue weighted by atomic mass is 10.1. The van der Waals surface area contributed by atoms with Gasteiger partial charge in [-0.2, -0.15) is 5.10 Å². The number of nitrogens with one attached hydrogen (secondary N) is 1. The Balaban J connectivity index is 1.41. The van der Waals surface area contributed by atoms with E-state index in [1.807, 2.05) is 0 Å². The number of halogens is 1. The quantitative estimate of drug-likeness (QED) is 0.632. The van der Waals surface area contributed by atoms with E-state index in [9.17, 15) is 22.4 Å². The van der Waals surface area contributed by atoms with Gasteiger partial charge in [-0.1, -0.05) is 0 Å². The number of carbonyl (C=O) groups is 2. The Morgan fingerprint density at radius 3 is 2.69 bits per heavy atom. The molecule has 0 bridgehead atoms. The number of unbranched alkanes of at least 4 members (excludes halogenated alkanes) is 1. The van der Waals surface area contributed by atoms with Gasteiger partial charge in [0.05, 0.1) is 24.2 Å². The van der Waals surface area contributed by atoms with Crippen molar-refractivity contribution in [1.82, 2.24) is 10.3 Å². The summed E-state index contributed by atoms with van der Waals surface area (Å²) in [7, 11) is -3.15. The van der Waals surface area contributed by atoms with Crippen LogP contribution in [0.25, 0.3) is 0 Å². The average molecular weight is 425 g/mol.